The van der Waals surface area contributed by atoms with E-state index >= 15 is 0 Å². The fourth-order valence-corrected chi connectivity index (χ4v) is 0.662. The molecule has 0 amide bonds. The molecule has 0 saturated carbocycles. The molecular formula is C5H7NO3. The summed E-state index contributed by atoms with van der Waals surface area (Å²) in [7, 11) is 0. The Balaban J connectivity index is 2.44. The van der Waals surface area contributed by atoms with Crippen LogP contribution in [-0.2, 0) is 4.74 Å². The van der Waals surface area contributed by atoms with E-state index in [0.717, 1.165) is 0 Å². The lowest BCUT2D eigenvalue weighted by molar-refractivity contribution is -0.575. The van der Waals surface area contributed by atoms with Gasteiger partial charge >= 0.3 is 6.23 Å². The molecule has 0 aromatic carbocycles. The molecule has 0 aliphatic carbocycles. The summed E-state index contributed by atoms with van der Waals surface area (Å²) >= 11 is 0. The summed E-state index contributed by atoms with van der Waals surface area (Å²) in [5.41, 5.74) is 0. The van der Waals surface area contributed by atoms with Gasteiger partial charge in [-0.05, 0) is 0 Å². The van der Waals surface area contributed by atoms with Gasteiger partial charge in [0.25, 0.3) is 0 Å². The zero-order chi connectivity index (χ0) is 6.69. The lowest BCUT2D eigenvalue weighted by Gasteiger charge is -2.09. The highest BCUT2D eigenvalue weighted by Gasteiger charge is 2.19. The van der Waals surface area contributed by atoms with Gasteiger partial charge in [0.1, 0.15) is 0 Å². The first kappa shape index (κ1) is 6.22. The Morgan fingerprint density at radius 1 is 1.67 bits per heavy atom. The van der Waals surface area contributed by atoms with Crippen LogP contribution in [-0.4, -0.2) is 17.8 Å². The monoisotopic (exact) mass is 129 g/mol. The predicted octanol–water partition coefficient (Wildman–Crippen LogP) is 0.566. The zero-order valence-electron chi connectivity index (χ0n) is 4.82. The van der Waals surface area contributed by atoms with Gasteiger partial charge in [0.2, 0.25) is 0 Å². The van der Waals surface area contributed by atoms with E-state index in [1.165, 1.54) is 0 Å². The van der Waals surface area contributed by atoms with Gasteiger partial charge < -0.3 is 4.74 Å². The van der Waals surface area contributed by atoms with Crippen LogP contribution in [0.3, 0.4) is 0 Å². The highest BCUT2D eigenvalue weighted by Crippen LogP contribution is 2.05. The molecule has 0 fully saturated rings. The van der Waals surface area contributed by atoms with E-state index < -0.39 is 11.2 Å². The van der Waals surface area contributed by atoms with E-state index in [-0.39, 0.29) is 0 Å². The fourth-order valence-electron chi connectivity index (χ4n) is 0.662. The highest BCUT2D eigenvalue weighted by molar-refractivity contribution is 4.86. The summed E-state index contributed by atoms with van der Waals surface area (Å²) < 4.78 is 4.75. The zero-order valence-corrected chi connectivity index (χ0v) is 4.82. The maximum Gasteiger partial charge on any atom is 0.319 e. The van der Waals surface area contributed by atoms with Crippen LogP contribution in [0.25, 0.3) is 0 Å². The molecule has 0 aromatic heterocycles. The number of nitrogens with zero attached hydrogens (tertiary/aromatic N) is 1. The van der Waals surface area contributed by atoms with Gasteiger partial charge in [0, 0.05) is 0 Å². The van der Waals surface area contributed by atoms with Crippen molar-refractivity contribution in [2.45, 2.75) is 12.6 Å². The average molecular weight is 129 g/mol. The van der Waals surface area contributed by atoms with Crippen molar-refractivity contribution in [3.8, 4) is 0 Å². The molecule has 1 heterocycles. The lowest BCUT2D eigenvalue weighted by atomic mass is 10.3. The summed E-state index contributed by atoms with van der Waals surface area (Å²) in [6.07, 6.45) is 3.12. The topological polar surface area (TPSA) is 52.4 Å². The Kier molecular flexibility index (Phi) is 1.79. The van der Waals surface area contributed by atoms with E-state index in [2.05, 4.69) is 0 Å². The Morgan fingerprint density at radius 3 is 2.78 bits per heavy atom. The van der Waals surface area contributed by atoms with Crippen LogP contribution >= 0.6 is 0 Å². The number of nitro groups is 1. The summed E-state index contributed by atoms with van der Waals surface area (Å²) in [5, 5.41) is 10.0. The molecule has 0 spiro atoms. The maximum absolute atomic E-state index is 10.0. The molecule has 1 rings (SSSR count). The first-order chi connectivity index (χ1) is 4.30. The van der Waals surface area contributed by atoms with Gasteiger partial charge in [-0.3, -0.25) is 10.1 Å². The molecule has 9 heavy (non-hydrogen) atoms. The van der Waals surface area contributed by atoms with E-state index in [1.807, 2.05) is 0 Å². The molecule has 0 bridgehead atoms. The third kappa shape index (κ3) is 1.50. The summed E-state index contributed by atoms with van der Waals surface area (Å²) in [4.78, 5) is 9.59. The summed E-state index contributed by atoms with van der Waals surface area (Å²) in [5.74, 6) is 0. The second kappa shape index (κ2) is 2.59. The van der Waals surface area contributed by atoms with Crippen LogP contribution in [0.15, 0.2) is 12.2 Å². The van der Waals surface area contributed by atoms with Gasteiger partial charge in [-0.2, -0.15) is 0 Å². The quantitative estimate of drug-likeness (QED) is 0.295. The molecule has 50 valence electrons. The van der Waals surface area contributed by atoms with E-state index in [0.29, 0.717) is 13.0 Å². The molecule has 1 aliphatic rings. The van der Waals surface area contributed by atoms with Crippen molar-refractivity contribution in [3.05, 3.63) is 22.3 Å². The molecular weight excluding hydrogens is 122 g/mol. The number of hydrogen-bond donors (Lipinski definition) is 0. The molecule has 0 aromatic rings. The summed E-state index contributed by atoms with van der Waals surface area (Å²) in [6, 6.07) is 0. The van der Waals surface area contributed by atoms with Gasteiger partial charge in [-0.25, -0.2) is 0 Å². The van der Waals surface area contributed by atoms with Crippen LogP contribution < -0.4 is 0 Å². The minimum Gasteiger partial charge on any atom is -0.313 e. The van der Waals surface area contributed by atoms with Crippen LogP contribution in [0.4, 0.5) is 0 Å². The van der Waals surface area contributed by atoms with Crippen molar-refractivity contribution in [1.82, 2.24) is 0 Å². The molecule has 1 unspecified atom stereocenters. The Hall–Kier alpha value is -0.900. The minimum absolute atomic E-state index is 0.367. The van der Waals surface area contributed by atoms with Gasteiger partial charge in [-0.15, -0.1) is 0 Å². The first-order valence-corrected chi connectivity index (χ1v) is 2.71. The van der Waals surface area contributed by atoms with Crippen molar-refractivity contribution in [3.63, 3.8) is 0 Å². The number of hydrogen-bond acceptors (Lipinski definition) is 3. The molecule has 4 heteroatoms. The normalized spacial score (nSPS) is 26.0. The second-order valence-corrected chi connectivity index (χ2v) is 1.78. The van der Waals surface area contributed by atoms with Crippen LogP contribution in [0.1, 0.15) is 6.42 Å². The SMILES string of the molecule is O=[N+]([O-])C1CC=CCO1. The van der Waals surface area contributed by atoms with Gasteiger partial charge in [0.15, 0.2) is 0 Å². The minimum atomic E-state index is -0.810. The van der Waals surface area contributed by atoms with Crippen molar-refractivity contribution in [1.29, 1.82) is 0 Å². The van der Waals surface area contributed by atoms with Gasteiger partial charge in [0.05, 0.1) is 18.0 Å². The molecule has 4 nitrogen and oxygen atoms in total. The lowest BCUT2D eigenvalue weighted by Crippen LogP contribution is -2.24. The fraction of sp³-hybridized carbons (Fsp3) is 0.600. The first-order valence-electron chi connectivity index (χ1n) is 2.71. The summed E-state index contributed by atoms with van der Waals surface area (Å²) in [6.45, 7) is 0.367. The van der Waals surface area contributed by atoms with Crippen molar-refractivity contribution < 1.29 is 9.66 Å². The Bertz CT molecular complexity index is 143. The maximum atomic E-state index is 10.0. The molecule has 1 atom stereocenters. The van der Waals surface area contributed by atoms with Crippen molar-refractivity contribution >= 4 is 0 Å². The van der Waals surface area contributed by atoms with Crippen LogP contribution in [0.2, 0.25) is 0 Å². The Morgan fingerprint density at radius 2 is 2.44 bits per heavy atom. The predicted molar refractivity (Wildman–Crippen MR) is 30.5 cm³/mol. The Labute approximate surface area is 52.3 Å². The highest BCUT2D eigenvalue weighted by atomic mass is 16.7. The van der Waals surface area contributed by atoms with Crippen LogP contribution in [0, 0.1) is 10.1 Å². The standard InChI is InChI=1S/C5H7NO3/c7-6(8)5-3-1-2-4-9-5/h1-2,5H,3-4H2. The van der Waals surface area contributed by atoms with Crippen LogP contribution in [0.5, 0.6) is 0 Å². The van der Waals surface area contributed by atoms with Crippen molar-refractivity contribution in [2.75, 3.05) is 6.61 Å². The van der Waals surface area contributed by atoms with Gasteiger partial charge in [-0.1, -0.05) is 12.2 Å². The van der Waals surface area contributed by atoms with Crippen molar-refractivity contribution in [2.24, 2.45) is 0 Å². The third-order valence-electron chi connectivity index (χ3n) is 1.12. The third-order valence-corrected chi connectivity index (χ3v) is 1.12. The van der Waals surface area contributed by atoms with E-state index in [9.17, 15) is 10.1 Å². The second-order valence-electron chi connectivity index (χ2n) is 1.78. The number of ether oxygens (including phenoxy) is 1. The largest absolute Gasteiger partial charge is 0.319 e. The smallest absolute Gasteiger partial charge is 0.313 e. The van der Waals surface area contributed by atoms with E-state index in [1.54, 1.807) is 12.2 Å². The molecule has 1 aliphatic heterocycles. The average Bonchev–Trinajstić information content (AvgIpc) is 1.90. The molecule has 0 saturated heterocycles. The molecule has 0 radical (unpaired) electrons. The number of rotatable bonds is 1. The molecule has 0 N–H and O–H groups in total. The van der Waals surface area contributed by atoms with E-state index in [4.69, 9.17) is 4.74 Å².